The van der Waals surface area contributed by atoms with Gasteiger partial charge in [0, 0.05) is 10.0 Å². The number of hydrogen-bond acceptors (Lipinski definition) is 2. The maximum absolute atomic E-state index is 6.63. The van der Waals surface area contributed by atoms with Gasteiger partial charge in [-0.3, -0.25) is 0 Å². The van der Waals surface area contributed by atoms with Crippen LogP contribution in [0.2, 0.25) is 0 Å². The summed E-state index contributed by atoms with van der Waals surface area (Å²) in [6, 6.07) is 6.43. The Morgan fingerprint density at radius 1 is 1.20 bits per heavy atom. The minimum Gasteiger partial charge on any atom is -0.486 e. The Morgan fingerprint density at radius 2 is 2.05 bits per heavy atom. The van der Waals surface area contributed by atoms with Gasteiger partial charge in [0.15, 0.2) is 0 Å². The van der Waals surface area contributed by atoms with E-state index < -0.39 is 0 Å². The molecule has 2 spiro atoms. The van der Waals surface area contributed by atoms with Crippen LogP contribution in [0.15, 0.2) is 28.7 Å². The molecule has 0 bridgehead atoms. The van der Waals surface area contributed by atoms with E-state index in [2.05, 4.69) is 40.2 Å². The predicted octanol–water partition coefficient (Wildman–Crippen LogP) is 4.33. The topological polar surface area (TPSA) is 18.5 Å². The van der Waals surface area contributed by atoms with Gasteiger partial charge in [-0.25, -0.2) is 0 Å². The first-order chi connectivity index (χ1) is 9.75. The number of benzene rings is 1. The Labute approximate surface area is 127 Å². The van der Waals surface area contributed by atoms with Crippen LogP contribution < -0.4 is 4.74 Å². The lowest BCUT2D eigenvalue weighted by Gasteiger charge is -2.59. The van der Waals surface area contributed by atoms with Crippen molar-refractivity contribution < 1.29 is 9.47 Å². The second-order valence-corrected chi connectivity index (χ2v) is 7.48. The minimum atomic E-state index is -0.000913. The van der Waals surface area contributed by atoms with Crippen LogP contribution in [-0.4, -0.2) is 18.3 Å². The second-order valence-electron chi connectivity index (χ2n) is 6.57. The van der Waals surface area contributed by atoms with E-state index in [9.17, 15) is 0 Å². The summed E-state index contributed by atoms with van der Waals surface area (Å²) in [4.78, 5) is 0. The fraction of sp³-hybridized carbons (Fsp3) is 0.529. The summed E-state index contributed by atoms with van der Waals surface area (Å²) in [6.45, 7) is 0.843. The molecular formula is C17H17BrO2. The Bertz CT molecular complexity index is 630. The molecule has 0 radical (unpaired) electrons. The van der Waals surface area contributed by atoms with Gasteiger partial charge in [0.1, 0.15) is 11.4 Å². The van der Waals surface area contributed by atoms with Crippen LogP contribution in [0.3, 0.4) is 0 Å². The van der Waals surface area contributed by atoms with Crippen LogP contribution in [0.5, 0.6) is 5.75 Å². The number of ether oxygens (including phenoxy) is 2. The van der Waals surface area contributed by atoms with Crippen LogP contribution >= 0.6 is 15.9 Å². The van der Waals surface area contributed by atoms with E-state index in [0.717, 1.165) is 23.2 Å². The minimum absolute atomic E-state index is 0.000913. The third-order valence-electron chi connectivity index (χ3n) is 5.84. The van der Waals surface area contributed by atoms with Crippen molar-refractivity contribution in [2.45, 2.75) is 43.8 Å². The van der Waals surface area contributed by atoms with E-state index in [4.69, 9.17) is 9.47 Å². The quantitative estimate of drug-likeness (QED) is 0.704. The predicted molar refractivity (Wildman–Crippen MR) is 80.7 cm³/mol. The molecule has 0 N–H and O–H groups in total. The van der Waals surface area contributed by atoms with Crippen molar-refractivity contribution in [2.24, 2.45) is 5.41 Å². The third kappa shape index (κ3) is 1.17. The van der Waals surface area contributed by atoms with E-state index in [1.807, 2.05) is 0 Å². The highest BCUT2D eigenvalue weighted by Gasteiger charge is 2.69. The van der Waals surface area contributed by atoms with E-state index in [1.54, 1.807) is 0 Å². The first-order valence-electron chi connectivity index (χ1n) is 7.56. The molecular weight excluding hydrogens is 316 g/mol. The normalized spacial score (nSPS) is 35.6. The molecule has 1 aromatic rings. The fourth-order valence-corrected chi connectivity index (χ4v) is 5.27. The molecule has 3 heteroatoms. The van der Waals surface area contributed by atoms with Gasteiger partial charge in [-0.2, -0.15) is 0 Å². The monoisotopic (exact) mass is 332 g/mol. The highest BCUT2D eigenvalue weighted by Crippen LogP contribution is 2.67. The Hall–Kier alpha value is -0.800. The maximum Gasteiger partial charge on any atom is 0.127 e. The van der Waals surface area contributed by atoms with Crippen molar-refractivity contribution in [3.63, 3.8) is 0 Å². The Morgan fingerprint density at radius 3 is 2.80 bits per heavy atom. The van der Waals surface area contributed by atoms with Gasteiger partial charge >= 0.3 is 0 Å². The smallest absolute Gasteiger partial charge is 0.127 e. The van der Waals surface area contributed by atoms with Gasteiger partial charge in [0.05, 0.1) is 18.1 Å². The summed E-state index contributed by atoms with van der Waals surface area (Å²) >= 11 is 3.60. The highest BCUT2D eigenvalue weighted by molar-refractivity contribution is 9.10. The van der Waals surface area contributed by atoms with E-state index >= 15 is 0 Å². The molecule has 2 nitrogen and oxygen atoms in total. The molecule has 2 aliphatic heterocycles. The van der Waals surface area contributed by atoms with Gasteiger partial charge < -0.3 is 9.47 Å². The van der Waals surface area contributed by atoms with Crippen LogP contribution in [0.4, 0.5) is 0 Å². The van der Waals surface area contributed by atoms with Crippen molar-refractivity contribution >= 4 is 21.5 Å². The number of rotatable bonds is 0. The molecule has 4 aliphatic rings. The average molecular weight is 333 g/mol. The summed E-state index contributed by atoms with van der Waals surface area (Å²) < 4.78 is 13.7. The van der Waals surface area contributed by atoms with Crippen molar-refractivity contribution in [2.75, 3.05) is 6.61 Å². The Balaban J connectivity index is 1.76. The SMILES string of the molecule is Brc1ccc2c(c1)C1=CCC3OCC13C1(CCCC1)O2. The largest absolute Gasteiger partial charge is 0.486 e. The number of fused-ring (bicyclic) bond motifs is 2. The maximum atomic E-state index is 6.63. The van der Waals surface area contributed by atoms with E-state index in [0.29, 0.717) is 6.10 Å². The first kappa shape index (κ1) is 11.8. The summed E-state index contributed by atoms with van der Waals surface area (Å²) in [5, 5.41) is 0. The summed E-state index contributed by atoms with van der Waals surface area (Å²) in [7, 11) is 0. The number of halogens is 1. The first-order valence-corrected chi connectivity index (χ1v) is 8.36. The Kier molecular flexibility index (Phi) is 2.18. The summed E-state index contributed by atoms with van der Waals surface area (Å²) in [5.74, 6) is 1.07. The summed E-state index contributed by atoms with van der Waals surface area (Å²) in [5.41, 5.74) is 2.91. The standard InChI is InChI=1S/C17H17BrO2/c18-11-3-5-14-12(9-11)13-4-6-15-17(13,10-19-15)16(20-14)7-1-2-8-16/h3-5,9,15H,1-2,6-8,10H2. The van der Waals surface area contributed by atoms with Gasteiger partial charge in [-0.15, -0.1) is 0 Å². The molecule has 0 aromatic heterocycles. The van der Waals surface area contributed by atoms with Crippen molar-refractivity contribution in [3.8, 4) is 5.75 Å². The highest BCUT2D eigenvalue weighted by atomic mass is 79.9. The molecule has 1 saturated carbocycles. The zero-order valence-corrected chi connectivity index (χ0v) is 12.9. The van der Waals surface area contributed by atoms with Crippen molar-refractivity contribution in [3.05, 3.63) is 34.3 Å². The zero-order chi connectivity index (χ0) is 13.4. The molecule has 1 aromatic carbocycles. The lowest BCUT2D eigenvalue weighted by atomic mass is 9.59. The lowest BCUT2D eigenvalue weighted by molar-refractivity contribution is -0.225. The van der Waals surface area contributed by atoms with Gasteiger partial charge in [-0.1, -0.05) is 22.0 Å². The molecule has 2 heterocycles. The molecule has 1 saturated heterocycles. The molecule has 2 fully saturated rings. The molecule has 2 atom stereocenters. The molecule has 0 amide bonds. The van der Waals surface area contributed by atoms with Crippen molar-refractivity contribution in [1.29, 1.82) is 0 Å². The molecule has 20 heavy (non-hydrogen) atoms. The van der Waals surface area contributed by atoms with Crippen LogP contribution in [-0.2, 0) is 4.74 Å². The van der Waals surface area contributed by atoms with Crippen LogP contribution in [0.1, 0.15) is 37.7 Å². The van der Waals surface area contributed by atoms with Crippen LogP contribution in [0.25, 0.3) is 5.57 Å². The third-order valence-corrected chi connectivity index (χ3v) is 6.33. The summed E-state index contributed by atoms with van der Waals surface area (Å²) in [6.07, 6.45) is 8.74. The fourth-order valence-electron chi connectivity index (χ4n) is 4.91. The average Bonchev–Trinajstić information content (AvgIpc) is 2.96. The van der Waals surface area contributed by atoms with E-state index in [1.165, 1.54) is 36.8 Å². The second kappa shape index (κ2) is 3.69. The lowest BCUT2D eigenvalue weighted by Crippen LogP contribution is -2.66. The van der Waals surface area contributed by atoms with Gasteiger partial charge in [0.2, 0.25) is 0 Å². The molecule has 5 rings (SSSR count). The molecule has 2 aliphatic carbocycles. The number of hydrogen-bond donors (Lipinski definition) is 0. The van der Waals surface area contributed by atoms with E-state index in [-0.39, 0.29) is 11.0 Å². The zero-order valence-electron chi connectivity index (χ0n) is 11.3. The van der Waals surface area contributed by atoms with Gasteiger partial charge in [-0.05, 0) is 55.9 Å². The van der Waals surface area contributed by atoms with Crippen molar-refractivity contribution in [1.82, 2.24) is 0 Å². The van der Waals surface area contributed by atoms with Crippen LogP contribution in [0, 0.1) is 5.41 Å². The molecule has 2 unspecified atom stereocenters. The van der Waals surface area contributed by atoms with Gasteiger partial charge in [0.25, 0.3) is 0 Å². The molecule has 104 valence electrons.